The first-order chi connectivity index (χ1) is 1.00. The number of hydrogen-bond donors (Lipinski definition) is 0. The molecule has 32 valence electrons. The number of hydrogen-bond acceptors (Lipinski definition) is 1. The van der Waals surface area contributed by atoms with E-state index in [2.05, 4.69) is 0 Å². The minimum atomic E-state index is 0. The van der Waals surface area contributed by atoms with Crippen LogP contribution in [0.3, 0.4) is 0 Å². The van der Waals surface area contributed by atoms with Crippen LogP contribution in [0.25, 0.3) is 0 Å². The zero-order valence-corrected chi connectivity index (χ0v) is 11.2. The molecule has 0 saturated carbocycles. The van der Waals surface area contributed by atoms with E-state index in [1.165, 1.54) is 0 Å². The second kappa shape index (κ2) is 30.7. The van der Waals surface area contributed by atoms with Crippen molar-refractivity contribution in [1.29, 1.82) is 0 Å². The summed E-state index contributed by atoms with van der Waals surface area (Å²) in [5, 5.41) is 0. The molecule has 0 aliphatic heterocycles. The molecule has 5 heavy (non-hydrogen) atoms. The van der Waals surface area contributed by atoms with Crippen molar-refractivity contribution in [1.82, 2.24) is 0 Å². The molecule has 0 saturated heterocycles. The molecule has 1 nitrogen and oxygen atoms in total. The topological polar surface area (TPSA) is 17.1 Å². The average molecular weight is 477 g/mol. The van der Waals surface area contributed by atoms with E-state index in [1.54, 1.807) is 0 Å². The van der Waals surface area contributed by atoms with Crippen molar-refractivity contribution >= 4 is 22.5 Å². The van der Waals surface area contributed by atoms with Gasteiger partial charge in [0.15, 0.2) is 0 Å². The van der Waals surface area contributed by atoms with Gasteiger partial charge in [-0.15, -0.1) is 0 Å². The summed E-state index contributed by atoms with van der Waals surface area (Å²) in [7, 11) is 0. The molecule has 0 atom stereocenters. The first-order valence-corrected chi connectivity index (χ1v) is 1.58. The van der Waals surface area contributed by atoms with Gasteiger partial charge in [-0.3, -0.25) is 0 Å². The maximum atomic E-state index is 8.38. The molecule has 0 unspecified atom stereocenters. The molecular formula is HIrORuSnTi. The average Bonchev–Trinajstić information content (AvgIpc) is 1.00. The van der Waals surface area contributed by atoms with Crippen molar-refractivity contribution in [2.45, 2.75) is 0 Å². The Labute approximate surface area is 85.5 Å². The third-order valence-electron chi connectivity index (χ3n) is 0. The van der Waals surface area contributed by atoms with Crippen molar-refractivity contribution in [3.05, 3.63) is 0 Å². The van der Waals surface area contributed by atoms with Gasteiger partial charge in [0.05, 0.1) is 0 Å². The molecule has 0 fully saturated rings. The third kappa shape index (κ3) is 20.7. The molecule has 0 aromatic heterocycles. The number of rotatable bonds is 0. The Morgan fingerprint density at radius 1 is 1.20 bits per heavy atom. The van der Waals surface area contributed by atoms with Gasteiger partial charge in [0.1, 0.15) is 0 Å². The molecule has 0 rings (SSSR count). The second-order valence-corrected chi connectivity index (χ2v) is 0. The first-order valence-electron chi connectivity index (χ1n) is 0.236. The van der Waals surface area contributed by atoms with Crippen LogP contribution in [-0.2, 0) is 64.4 Å². The fraction of sp³-hybridized carbons (Fsp3) is 0. The van der Waals surface area contributed by atoms with E-state index in [0.717, 1.165) is 0 Å². The fourth-order valence-corrected chi connectivity index (χ4v) is 0. The molecule has 0 heterocycles. The van der Waals surface area contributed by atoms with Gasteiger partial charge in [0.2, 0.25) is 0 Å². The molecule has 0 spiro atoms. The Hall–Kier alpha value is 2.59. The van der Waals surface area contributed by atoms with Crippen LogP contribution in [0.15, 0.2) is 0 Å². The summed E-state index contributed by atoms with van der Waals surface area (Å²) in [6.45, 7) is 0. The van der Waals surface area contributed by atoms with E-state index in [9.17, 15) is 0 Å². The van der Waals surface area contributed by atoms with Gasteiger partial charge in [0.25, 0.3) is 0 Å². The summed E-state index contributed by atoms with van der Waals surface area (Å²) in [4.78, 5) is 0. The largest absolute Gasteiger partial charge is 0 e. The van der Waals surface area contributed by atoms with E-state index in [1.807, 2.05) is 0 Å². The molecule has 0 aromatic carbocycles. The standard InChI is InChI=1S/Ir.O.Ru.Sn.Ti.H. The van der Waals surface area contributed by atoms with Crippen LogP contribution in [0.5, 0.6) is 0 Å². The monoisotopic (exact) mass is 480 g/mol. The maximum absolute atomic E-state index is 8.38. The van der Waals surface area contributed by atoms with Gasteiger partial charge >= 0.3 is 25.6 Å². The van der Waals surface area contributed by atoms with Gasteiger partial charge < -0.3 is 0 Å². The van der Waals surface area contributed by atoms with Crippen LogP contribution in [-0.4, -0.2) is 22.5 Å². The zero-order chi connectivity index (χ0) is 2.00. The Bertz CT molecular complexity index is 11.6. The van der Waals surface area contributed by atoms with Crippen LogP contribution in [0.1, 0.15) is 0 Å². The summed E-state index contributed by atoms with van der Waals surface area (Å²) >= 11 is 0.100. The predicted octanol–water partition coefficient (Wildman–Crippen LogP) is -0.775. The van der Waals surface area contributed by atoms with E-state index < -0.39 is 0 Å². The summed E-state index contributed by atoms with van der Waals surface area (Å²) in [6.07, 6.45) is 0. The van der Waals surface area contributed by atoms with Crippen molar-refractivity contribution in [3.8, 4) is 0 Å². The molecule has 0 aliphatic carbocycles. The first kappa shape index (κ1) is 25.6. The minimum Gasteiger partial charge on any atom is 0 e. The Kier molecular flexibility index (Phi) is 157. The van der Waals surface area contributed by atoms with Gasteiger partial charge in [-0.1, -0.05) is 0 Å². The Morgan fingerprint density at radius 2 is 1.20 bits per heavy atom. The normalized spacial score (nSPS) is 0.800. The molecule has 0 N–H and O–H groups in total. The summed E-state index contributed by atoms with van der Waals surface area (Å²) in [6, 6.07) is 0. The van der Waals surface area contributed by atoms with Crippen molar-refractivity contribution in [3.63, 3.8) is 0 Å². The Morgan fingerprint density at radius 3 is 1.20 bits per heavy atom. The van der Waals surface area contributed by atoms with E-state index >= 15 is 0 Å². The Balaban J connectivity index is -0.00000000167. The van der Waals surface area contributed by atoms with Crippen molar-refractivity contribution < 1.29 is 64.4 Å². The van der Waals surface area contributed by atoms with Gasteiger partial charge in [0, 0.05) is 61.3 Å². The minimum absolute atomic E-state index is 0. The molecule has 0 amide bonds. The predicted molar refractivity (Wildman–Crippen MR) is 7.84 cm³/mol. The molecule has 5 heteroatoms. The quantitative estimate of drug-likeness (QED) is 0.420. The zero-order valence-electron chi connectivity index (χ0n) is 2.17. The van der Waals surface area contributed by atoms with Crippen LogP contribution >= 0.6 is 0 Å². The van der Waals surface area contributed by atoms with Gasteiger partial charge in [-0.2, -0.15) is 0 Å². The van der Waals surface area contributed by atoms with Crippen molar-refractivity contribution in [2.75, 3.05) is 0 Å². The molecule has 2 radical (unpaired) electrons. The summed E-state index contributed by atoms with van der Waals surface area (Å²) in [5.74, 6) is 0. The van der Waals surface area contributed by atoms with E-state index in [-0.39, 0.29) is 83.8 Å². The third-order valence-corrected chi connectivity index (χ3v) is 0. The van der Waals surface area contributed by atoms with Crippen LogP contribution in [0, 0.1) is 0 Å². The molecular weight excluding hydrogens is 476 g/mol. The van der Waals surface area contributed by atoms with Gasteiger partial charge in [-0.05, 0) is 0 Å². The van der Waals surface area contributed by atoms with Crippen LogP contribution in [0.4, 0.5) is 0 Å². The fourth-order valence-electron chi connectivity index (χ4n) is 0. The summed E-state index contributed by atoms with van der Waals surface area (Å²) < 4.78 is 8.38. The van der Waals surface area contributed by atoms with Gasteiger partial charge in [-0.25, -0.2) is 0 Å². The smallest absolute Gasteiger partial charge is 0 e. The molecule has 0 aromatic rings. The maximum Gasteiger partial charge on any atom is 0 e. The summed E-state index contributed by atoms with van der Waals surface area (Å²) in [5.41, 5.74) is 0. The van der Waals surface area contributed by atoms with Crippen molar-refractivity contribution in [2.24, 2.45) is 0 Å². The molecule has 0 bridgehead atoms. The second-order valence-electron chi connectivity index (χ2n) is 0. The molecule has 0 aliphatic rings. The van der Waals surface area contributed by atoms with E-state index in [0.29, 0.717) is 0 Å². The van der Waals surface area contributed by atoms with Crippen LogP contribution < -0.4 is 0 Å². The van der Waals surface area contributed by atoms with E-state index in [4.69, 9.17) is 3.08 Å². The van der Waals surface area contributed by atoms with Crippen LogP contribution in [0.2, 0.25) is 0 Å². The SMILES string of the molecule is [Ir].[O]=[SnH].[Ru].[Ti].